The normalized spacial score (nSPS) is 17.6. The summed E-state index contributed by atoms with van der Waals surface area (Å²) in [4.78, 5) is 0. The lowest BCUT2D eigenvalue weighted by Gasteiger charge is -2.46. The zero-order valence-corrected chi connectivity index (χ0v) is 19.6. The van der Waals surface area contributed by atoms with Gasteiger partial charge in [-0.3, -0.25) is 0 Å². The summed E-state index contributed by atoms with van der Waals surface area (Å²) in [7, 11) is -1.31. The van der Waals surface area contributed by atoms with Crippen molar-refractivity contribution in [1.82, 2.24) is 0 Å². The molecule has 1 aliphatic heterocycles. The van der Waals surface area contributed by atoms with E-state index in [-0.39, 0.29) is 0 Å². The fourth-order valence-electron chi connectivity index (χ4n) is 5.78. The van der Waals surface area contributed by atoms with Crippen LogP contribution >= 0.6 is 7.14 Å². The van der Waals surface area contributed by atoms with Crippen molar-refractivity contribution in [2.24, 2.45) is 0 Å². The number of hydrogen-bond donors (Lipinski definition) is 0. The second-order valence-electron chi connectivity index (χ2n) is 9.64. The van der Waals surface area contributed by atoms with Crippen molar-refractivity contribution >= 4 is 29.4 Å². The van der Waals surface area contributed by atoms with Crippen molar-refractivity contribution in [3.63, 3.8) is 0 Å². The van der Waals surface area contributed by atoms with Crippen LogP contribution in [0.2, 0.25) is 0 Å². The molecule has 0 aliphatic carbocycles. The molecule has 29 heavy (non-hydrogen) atoms. The second-order valence-corrected chi connectivity index (χ2v) is 14.3. The first-order valence-electron chi connectivity index (χ1n) is 10.7. The summed E-state index contributed by atoms with van der Waals surface area (Å²) in [5.41, 5.74) is 11.6. The third-order valence-corrected chi connectivity index (χ3v) is 11.3. The molecule has 3 aromatic rings. The van der Waals surface area contributed by atoms with Crippen LogP contribution < -0.4 is 10.9 Å². The number of benzene rings is 3. The Hall–Kier alpha value is -2.11. The van der Waals surface area contributed by atoms with E-state index in [0.29, 0.717) is 0 Å². The number of rotatable bonds is 3. The monoisotopic (exact) mass is 398 g/mol. The molecular formula is C27H32BP. The van der Waals surface area contributed by atoms with E-state index in [1.54, 1.807) is 11.0 Å². The summed E-state index contributed by atoms with van der Waals surface area (Å²) in [5, 5.41) is 0. The lowest BCUT2D eigenvalue weighted by Crippen LogP contribution is -2.59. The molecule has 0 amide bonds. The molecule has 0 nitrogen and oxygen atoms in total. The molecule has 4 rings (SSSR count). The lowest BCUT2D eigenvalue weighted by molar-refractivity contribution is 1.40. The van der Waals surface area contributed by atoms with Gasteiger partial charge in [0.1, 0.15) is 0 Å². The molecule has 1 heterocycles. The maximum atomic E-state index is 2.58. The summed E-state index contributed by atoms with van der Waals surface area (Å²) in [5.74, 6) is -0.987. The van der Waals surface area contributed by atoms with Crippen LogP contribution in [0.25, 0.3) is 5.47 Å². The van der Waals surface area contributed by atoms with Gasteiger partial charge in [0.2, 0.25) is 5.87 Å². The minimum absolute atomic E-state index is 0.987. The van der Waals surface area contributed by atoms with Gasteiger partial charge in [-0.25, -0.2) is 0 Å². The molecule has 0 N–H and O–H groups in total. The molecule has 0 saturated heterocycles. The third-order valence-electron chi connectivity index (χ3n) is 7.05. The quantitative estimate of drug-likeness (QED) is 0.376. The Balaban J connectivity index is 2.09. The second kappa shape index (κ2) is 7.30. The minimum atomic E-state index is -1.31. The minimum Gasteiger partial charge on any atom is -0.157 e. The maximum Gasteiger partial charge on any atom is 0.246 e. The summed E-state index contributed by atoms with van der Waals surface area (Å²) >= 11 is 0. The predicted octanol–water partition coefficient (Wildman–Crippen LogP) is 5.98. The molecule has 148 valence electrons. The van der Waals surface area contributed by atoms with Gasteiger partial charge in [0.25, 0.3) is 0 Å². The molecule has 2 heteroatoms. The number of aryl methyl sites for hydroxylation is 3. The molecule has 3 aromatic carbocycles. The highest BCUT2D eigenvalue weighted by atomic mass is 31.2. The number of allylic oxidation sites excluding steroid dienone is 1. The van der Waals surface area contributed by atoms with Gasteiger partial charge in [0.15, 0.2) is 0 Å². The molecule has 0 saturated carbocycles. The molecule has 0 spiro atoms. The van der Waals surface area contributed by atoms with Crippen molar-refractivity contribution in [3.05, 3.63) is 101 Å². The summed E-state index contributed by atoms with van der Waals surface area (Å²) < 4.78 is 0. The van der Waals surface area contributed by atoms with Crippen molar-refractivity contribution < 1.29 is 0 Å². The van der Waals surface area contributed by atoms with Crippen LogP contribution in [0.4, 0.5) is 0 Å². The standard InChI is InChI=1S/C27H32BP/c1-20-7-13-24(14-8-20)27-23(4)19-29(5,6)28(27,25-15-9-21(2)10-16-25)26-17-11-22(3)12-18-26/h7-18H,19H2,1-6H3. The van der Waals surface area contributed by atoms with E-state index in [4.69, 9.17) is 0 Å². The molecule has 0 radical (unpaired) electrons. The molecule has 0 aromatic heterocycles. The van der Waals surface area contributed by atoms with Crippen LogP contribution in [0.1, 0.15) is 29.2 Å². The summed E-state index contributed by atoms with van der Waals surface area (Å²) in [6, 6.07) is 28.1. The average Bonchev–Trinajstić information content (AvgIpc) is 2.89. The van der Waals surface area contributed by atoms with Crippen molar-refractivity contribution in [2.75, 3.05) is 19.5 Å². The molecule has 0 unspecified atom stereocenters. The smallest absolute Gasteiger partial charge is 0.157 e. The summed E-state index contributed by atoms with van der Waals surface area (Å²) in [6.07, 6.45) is 1.23. The maximum absolute atomic E-state index is 2.58. The largest absolute Gasteiger partial charge is 0.246 e. The molecule has 0 fully saturated rings. The van der Waals surface area contributed by atoms with Gasteiger partial charge in [-0.2, -0.15) is 10.9 Å². The van der Waals surface area contributed by atoms with Crippen LogP contribution in [0.15, 0.2) is 78.4 Å². The Labute approximate surface area is 177 Å². The van der Waals surface area contributed by atoms with E-state index in [0.717, 1.165) is 0 Å². The first-order valence-corrected chi connectivity index (χ1v) is 13.6. The van der Waals surface area contributed by atoms with Gasteiger partial charge < -0.3 is 0 Å². The Bertz CT molecular complexity index is 1010. The first kappa shape index (κ1) is 20.2. The van der Waals surface area contributed by atoms with Crippen LogP contribution in [-0.4, -0.2) is 25.4 Å². The highest BCUT2D eigenvalue weighted by Gasteiger charge is 2.56. The van der Waals surface area contributed by atoms with Crippen molar-refractivity contribution in [2.45, 2.75) is 27.7 Å². The molecular weight excluding hydrogens is 366 g/mol. The fourth-order valence-corrected chi connectivity index (χ4v) is 10.5. The van der Waals surface area contributed by atoms with E-state index in [2.05, 4.69) is 114 Å². The predicted molar refractivity (Wildman–Crippen MR) is 135 cm³/mol. The lowest BCUT2D eigenvalue weighted by atomic mass is 9.32. The Morgan fingerprint density at radius 3 is 1.38 bits per heavy atom. The van der Waals surface area contributed by atoms with Gasteiger partial charge in [-0.1, -0.05) is 101 Å². The summed E-state index contributed by atoms with van der Waals surface area (Å²) in [6.45, 7) is 14.1. The highest BCUT2D eigenvalue weighted by molar-refractivity contribution is 8.14. The van der Waals surface area contributed by atoms with Crippen LogP contribution in [-0.2, 0) is 0 Å². The zero-order valence-electron chi connectivity index (χ0n) is 18.7. The van der Waals surface area contributed by atoms with Gasteiger partial charge >= 0.3 is 0 Å². The van der Waals surface area contributed by atoms with Gasteiger partial charge in [0.05, 0.1) is 0 Å². The Morgan fingerprint density at radius 1 is 0.586 bits per heavy atom. The molecule has 1 aliphatic rings. The first-order chi connectivity index (χ1) is 13.8. The van der Waals surface area contributed by atoms with Crippen LogP contribution in [0.5, 0.6) is 0 Å². The van der Waals surface area contributed by atoms with Gasteiger partial charge in [-0.05, 0) is 27.7 Å². The fraction of sp³-hybridized carbons (Fsp3) is 0.259. The van der Waals surface area contributed by atoms with Gasteiger partial charge in [-0.15, -0.1) is 12.6 Å². The van der Waals surface area contributed by atoms with E-state index in [9.17, 15) is 0 Å². The van der Waals surface area contributed by atoms with E-state index < -0.39 is 13.0 Å². The average molecular weight is 398 g/mol. The topological polar surface area (TPSA) is 0 Å². The Kier molecular flexibility index (Phi) is 5.08. The zero-order chi connectivity index (χ0) is 20.8. The van der Waals surface area contributed by atoms with Crippen molar-refractivity contribution in [3.8, 4) is 0 Å². The Morgan fingerprint density at radius 2 is 0.966 bits per heavy atom. The molecule has 0 bridgehead atoms. The van der Waals surface area contributed by atoms with Gasteiger partial charge in [0, 0.05) is 19.5 Å². The van der Waals surface area contributed by atoms with E-state index in [1.807, 2.05) is 0 Å². The SMILES string of the molecule is CC1=C(c2ccc(C)cc2)[B-](c2ccc(C)cc2)(c2ccc(C)cc2)[P+](C)(C)C1. The number of hydrogen-bond acceptors (Lipinski definition) is 0. The van der Waals surface area contributed by atoms with Crippen LogP contribution in [0, 0.1) is 20.8 Å². The highest BCUT2D eigenvalue weighted by Crippen LogP contribution is 2.69. The van der Waals surface area contributed by atoms with Crippen molar-refractivity contribution in [1.29, 1.82) is 0 Å². The third kappa shape index (κ3) is 3.21. The van der Waals surface area contributed by atoms with E-state index >= 15 is 0 Å². The molecule has 0 atom stereocenters. The van der Waals surface area contributed by atoms with Crippen LogP contribution in [0.3, 0.4) is 0 Å². The van der Waals surface area contributed by atoms with E-state index in [1.165, 1.54) is 39.3 Å².